The van der Waals surface area contributed by atoms with Crippen molar-refractivity contribution in [3.63, 3.8) is 0 Å². The number of carboxylic acid groups (broad SMARTS) is 1. The summed E-state index contributed by atoms with van der Waals surface area (Å²) in [7, 11) is 1.84. The second-order valence-electron chi connectivity index (χ2n) is 3.50. The fourth-order valence-corrected chi connectivity index (χ4v) is 1.60. The maximum atomic E-state index is 11.1. The van der Waals surface area contributed by atoms with E-state index in [4.69, 9.17) is 5.11 Å². The van der Waals surface area contributed by atoms with Crippen molar-refractivity contribution in [1.82, 2.24) is 4.90 Å². The second-order valence-corrected chi connectivity index (χ2v) is 3.50. The van der Waals surface area contributed by atoms with Gasteiger partial charge in [0.2, 0.25) is 0 Å². The summed E-state index contributed by atoms with van der Waals surface area (Å²) >= 11 is 0. The van der Waals surface area contributed by atoms with Crippen molar-refractivity contribution in [2.45, 2.75) is 25.8 Å². The SMILES string of the molecule is CCN(C)C(C(=O)O)C1=CCCC=C1. The predicted octanol–water partition coefficient (Wildman–Crippen LogP) is 1.67. The van der Waals surface area contributed by atoms with Crippen LogP contribution in [0.1, 0.15) is 19.8 Å². The largest absolute Gasteiger partial charge is 0.480 e. The van der Waals surface area contributed by atoms with Gasteiger partial charge in [0.05, 0.1) is 0 Å². The van der Waals surface area contributed by atoms with Crippen molar-refractivity contribution in [1.29, 1.82) is 0 Å². The van der Waals surface area contributed by atoms with E-state index in [0.29, 0.717) is 0 Å². The highest BCUT2D eigenvalue weighted by Gasteiger charge is 2.24. The van der Waals surface area contributed by atoms with Crippen LogP contribution in [-0.4, -0.2) is 35.6 Å². The quantitative estimate of drug-likeness (QED) is 0.741. The van der Waals surface area contributed by atoms with E-state index in [1.807, 2.05) is 37.1 Å². The number of likely N-dealkylation sites (N-methyl/N-ethyl adjacent to an activating group) is 1. The number of rotatable bonds is 4. The maximum absolute atomic E-state index is 11.1. The van der Waals surface area contributed by atoms with Crippen LogP contribution in [0.5, 0.6) is 0 Å². The van der Waals surface area contributed by atoms with E-state index in [1.165, 1.54) is 0 Å². The van der Waals surface area contributed by atoms with Crippen LogP contribution in [0.2, 0.25) is 0 Å². The molecule has 0 fully saturated rings. The number of carbonyl (C=O) groups is 1. The number of nitrogens with zero attached hydrogens (tertiary/aromatic N) is 1. The molecule has 1 N–H and O–H groups in total. The lowest BCUT2D eigenvalue weighted by Gasteiger charge is -2.25. The van der Waals surface area contributed by atoms with Crippen LogP contribution in [0.15, 0.2) is 23.8 Å². The topological polar surface area (TPSA) is 40.5 Å². The smallest absolute Gasteiger partial charge is 0.325 e. The van der Waals surface area contributed by atoms with Crippen LogP contribution in [0.3, 0.4) is 0 Å². The van der Waals surface area contributed by atoms with Gasteiger partial charge in [-0.1, -0.05) is 25.2 Å². The monoisotopic (exact) mass is 195 g/mol. The lowest BCUT2D eigenvalue weighted by Crippen LogP contribution is -2.39. The van der Waals surface area contributed by atoms with Crippen LogP contribution in [-0.2, 0) is 4.79 Å². The molecule has 0 aromatic carbocycles. The molecule has 0 spiro atoms. The minimum absolute atomic E-state index is 0.489. The lowest BCUT2D eigenvalue weighted by molar-refractivity contribution is -0.141. The molecule has 1 rings (SSSR count). The normalized spacial score (nSPS) is 18.1. The van der Waals surface area contributed by atoms with Crippen LogP contribution >= 0.6 is 0 Å². The number of aliphatic carboxylic acids is 1. The molecule has 78 valence electrons. The Kier molecular flexibility index (Phi) is 3.89. The molecule has 1 atom stereocenters. The first-order chi connectivity index (χ1) is 6.66. The molecular weight excluding hydrogens is 178 g/mol. The van der Waals surface area contributed by atoms with Gasteiger partial charge in [0, 0.05) is 0 Å². The molecule has 3 nitrogen and oxygen atoms in total. The number of carboxylic acids is 1. The Labute approximate surface area is 84.7 Å². The van der Waals surface area contributed by atoms with E-state index in [-0.39, 0.29) is 0 Å². The molecule has 1 unspecified atom stereocenters. The van der Waals surface area contributed by atoms with Gasteiger partial charge in [-0.2, -0.15) is 0 Å². The third-order valence-electron chi connectivity index (χ3n) is 2.51. The van der Waals surface area contributed by atoms with Crippen molar-refractivity contribution in [3.8, 4) is 0 Å². The van der Waals surface area contributed by atoms with Gasteiger partial charge in [-0.25, -0.2) is 0 Å². The van der Waals surface area contributed by atoms with E-state index in [0.717, 1.165) is 25.0 Å². The third kappa shape index (κ3) is 2.45. The average Bonchev–Trinajstić information content (AvgIpc) is 2.19. The molecule has 0 bridgehead atoms. The van der Waals surface area contributed by atoms with Crippen molar-refractivity contribution in [3.05, 3.63) is 23.8 Å². The molecule has 0 aliphatic heterocycles. The van der Waals surface area contributed by atoms with Crippen LogP contribution in [0.25, 0.3) is 0 Å². The zero-order chi connectivity index (χ0) is 10.6. The van der Waals surface area contributed by atoms with Crippen molar-refractivity contribution in [2.24, 2.45) is 0 Å². The summed E-state index contributed by atoms with van der Waals surface area (Å²) in [6, 6.07) is -0.489. The number of hydrogen-bond donors (Lipinski definition) is 1. The lowest BCUT2D eigenvalue weighted by atomic mass is 9.99. The van der Waals surface area contributed by atoms with E-state index in [9.17, 15) is 4.79 Å². The Morgan fingerprint density at radius 2 is 2.36 bits per heavy atom. The van der Waals surface area contributed by atoms with E-state index >= 15 is 0 Å². The van der Waals surface area contributed by atoms with E-state index in [2.05, 4.69) is 0 Å². The Bertz CT molecular complexity index is 268. The molecule has 0 radical (unpaired) electrons. The summed E-state index contributed by atoms with van der Waals surface area (Å²) in [5.41, 5.74) is 0.910. The minimum Gasteiger partial charge on any atom is -0.480 e. The summed E-state index contributed by atoms with van der Waals surface area (Å²) in [4.78, 5) is 12.9. The maximum Gasteiger partial charge on any atom is 0.325 e. The third-order valence-corrected chi connectivity index (χ3v) is 2.51. The molecule has 0 aromatic rings. The summed E-state index contributed by atoms with van der Waals surface area (Å²) in [6.45, 7) is 2.70. The Balaban J connectivity index is 2.82. The number of allylic oxidation sites excluding steroid dienone is 2. The van der Waals surface area contributed by atoms with Gasteiger partial charge in [-0.3, -0.25) is 9.69 Å². The first kappa shape index (κ1) is 11.0. The van der Waals surface area contributed by atoms with Gasteiger partial charge in [0.25, 0.3) is 0 Å². The molecule has 0 saturated heterocycles. The first-order valence-corrected chi connectivity index (χ1v) is 4.96. The van der Waals surface area contributed by atoms with E-state index in [1.54, 1.807) is 0 Å². The van der Waals surface area contributed by atoms with Gasteiger partial charge in [0.1, 0.15) is 6.04 Å². The fourth-order valence-electron chi connectivity index (χ4n) is 1.60. The van der Waals surface area contributed by atoms with Crippen LogP contribution < -0.4 is 0 Å². The van der Waals surface area contributed by atoms with Gasteiger partial charge in [-0.05, 0) is 32.0 Å². The summed E-state index contributed by atoms with van der Waals surface area (Å²) < 4.78 is 0. The van der Waals surface area contributed by atoms with Crippen LogP contribution in [0.4, 0.5) is 0 Å². The first-order valence-electron chi connectivity index (χ1n) is 4.96. The van der Waals surface area contributed by atoms with Gasteiger partial charge >= 0.3 is 5.97 Å². The minimum atomic E-state index is -0.771. The number of hydrogen-bond acceptors (Lipinski definition) is 2. The summed E-state index contributed by atoms with van der Waals surface area (Å²) in [5, 5.41) is 9.11. The van der Waals surface area contributed by atoms with E-state index < -0.39 is 12.0 Å². The molecule has 0 heterocycles. The molecule has 0 saturated carbocycles. The van der Waals surface area contributed by atoms with Crippen molar-refractivity contribution >= 4 is 5.97 Å². The standard InChI is InChI=1S/C11H17NO2/c1-3-12(2)10(11(13)14)9-7-5-4-6-8-9/h5,7-8,10H,3-4,6H2,1-2H3,(H,13,14). The molecule has 0 aromatic heterocycles. The fraction of sp³-hybridized carbons (Fsp3) is 0.545. The van der Waals surface area contributed by atoms with Gasteiger partial charge in [-0.15, -0.1) is 0 Å². The Hall–Kier alpha value is -1.09. The van der Waals surface area contributed by atoms with Crippen molar-refractivity contribution in [2.75, 3.05) is 13.6 Å². The predicted molar refractivity (Wildman–Crippen MR) is 56.2 cm³/mol. The molecule has 0 amide bonds. The molecule has 14 heavy (non-hydrogen) atoms. The zero-order valence-corrected chi connectivity index (χ0v) is 8.73. The zero-order valence-electron chi connectivity index (χ0n) is 8.73. The molecule has 1 aliphatic carbocycles. The van der Waals surface area contributed by atoms with Gasteiger partial charge in [0.15, 0.2) is 0 Å². The Morgan fingerprint density at radius 1 is 1.64 bits per heavy atom. The van der Waals surface area contributed by atoms with Gasteiger partial charge < -0.3 is 5.11 Å². The highest BCUT2D eigenvalue weighted by molar-refractivity contribution is 5.78. The van der Waals surface area contributed by atoms with Crippen LogP contribution in [0, 0.1) is 0 Å². The Morgan fingerprint density at radius 3 is 2.79 bits per heavy atom. The second kappa shape index (κ2) is 4.96. The highest BCUT2D eigenvalue weighted by atomic mass is 16.4. The molecular formula is C11H17NO2. The average molecular weight is 195 g/mol. The van der Waals surface area contributed by atoms with Crippen molar-refractivity contribution < 1.29 is 9.90 Å². The summed E-state index contributed by atoms with van der Waals surface area (Å²) in [5.74, 6) is -0.771. The molecule has 3 heteroatoms. The molecule has 1 aliphatic rings. The highest BCUT2D eigenvalue weighted by Crippen LogP contribution is 2.17. The summed E-state index contributed by atoms with van der Waals surface area (Å²) in [6.07, 6.45) is 7.95.